The van der Waals surface area contributed by atoms with Crippen molar-refractivity contribution in [3.05, 3.63) is 0 Å². The predicted octanol–water partition coefficient (Wildman–Crippen LogP) is 0.536. The Kier molecular flexibility index (Phi) is 5.37. The molecule has 2 atom stereocenters. The molecule has 1 aliphatic heterocycles. The van der Waals surface area contributed by atoms with E-state index in [-0.39, 0.29) is 6.04 Å². The van der Waals surface area contributed by atoms with Gasteiger partial charge >= 0.3 is 0 Å². The van der Waals surface area contributed by atoms with Crippen molar-refractivity contribution in [2.45, 2.75) is 39.7 Å². The minimum absolute atomic E-state index is 0.0717. The van der Waals surface area contributed by atoms with E-state index in [1.54, 1.807) is 4.31 Å². The monoisotopic (exact) mass is 263 g/mol. The summed E-state index contributed by atoms with van der Waals surface area (Å²) >= 11 is 0. The van der Waals surface area contributed by atoms with Gasteiger partial charge in [-0.25, -0.2) is 4.72 Å². The van der Waals surface area contributed by atoms with E-state index in [1.807, 2.05) is 20.8 Å². The molecular formula is C11H25N3O2S. The van der Waals surface area contributed by atoms with Gasteiger partial charge in [0, 0.05) is 19.1 Å². The first-order valence-electron chi connectivity index (χ1n) is 6.33. The lowest BCUT2D eigenvalue weighted by Gasteiger charge is -2.36. The third-order valence-corrected chi connectivity index (χ3v) is 4.90. The minimum Gasteiger partial charge on any atom is -0.330 e. The van der Waals surface area contributed by atoms with Gasteiger partial charge in [-0.2, -0.15) is 12.7 Å². The zero-order valence-electron chi connectivity index (χ0n) is 11.0. The Balaban J connectivity index is 2.67. The fourth-order valence-electron chi connectivity index (χ4n) is 2.03. The second-order valence-corrected chi connectivity index (χ2v) is 7.05. The number of piperidine rings is 1. The van der Waals surface area contributed by atoms with E-state index in [9.17, 15) is 8.42 Å². The average molecular weight is 263 g/mol. The summed E-state index contributed by atoms with van der Waals surface area (Å²) in [6, 6.07) is 0.0717. The summed E-state index contributed by atoms with van der Waals surface area (Å²) < 4.78 is 28.5. The molecule has 17 heavy (non-hydrogen) atoms. The molecule has 102 valence electrons. The van der Waals surface area contributed by atoms with E-state index in [4.69, 9.17) is 5.73 Å². The number of nitrogens with zero attached hydrogens (tertiary/aromatic N) is 1. The molecule has 0 saturated carbocycles. The molecule has 1 saturated heterocycles. The van der Waals surface area contributed by atoms with Crippen LogP contribution in [0.3, 0.4) is 0 Å². The SMILES string of the molecule is CC(C)CNS(=O)(=O)N1CC(CN)CCC1C. The molecule has 0 aromatic carbocycles. The third-order valence-electron chi connectivity index (χ3n) is 3.24. The van der Waals surface area contributed by atoms with Crippen LogP contribution in [0.25, 0.3) is 0 Å². The smallest absolute Gasteiger partial charge is 0.279 e. The predicted molar refractivity (Wildman–Crippen MR) is 69.7 cm³/mol. The summed E-state index contributed by atoms with van der Waals surface area (Å²) in [6.45, 7) is 7.53. The molecule has 1 aliphatic rings. The third kappa shape index (κ3) is 4.21. The first-order valence-corrected chi connectivity index (χ1v) is 7.77. The van der Waals surface area contributed by atoms with Crippen LogP contribution in [0.5, 0.6) is 0 Å². The Bertz CT molecular complexity index is 330. The Morgan fingerprint density at radius 2 is 2.06 bits per heavy atom. The van der Waals surface area contributed by atoms with Gasteiger partial charge in [-0.1, -0.05) is 13.8 Å². The maximum absolute atomic E-state index is 12.1. The van der Waals surface area contributed by atoms with Gasteiger partial charge in [0.05, 0.1) is 0 Å². The van der Waals surface area contributed by atoms with Crippen molar-refractivity contribution in [2.75, 3.05) is 19.6 Å². The second-order valence-electron chi connectivity index (χ2n) is 5.35. The number of rotatable bonds is 5. The number of nitrogens with two attached hydrogens (primary N) is 1. The van der Waals surface area contributed by atoms with E-state index in [0.717, 1.165) is 12.8 Å². The standard InChI is InChI=1S/C11H25N3O2S/c1-9(2)7-13-17(15,16)14-8-11(6-12)5-4-10(14)3/h9-11,13H,4-8,12H2,1-3H3. The molecule has 1 heterocycles. The average Bonchev–Trinajstić information content (AvgIpc) is 2.27. The van der Waals surface area contributed by atoms with Crippen LogP contribution >= 0.6 is 0 Å². The van der Waals surface area contributed by atoms with E-state index in [2.05, 4.69) is 4.72 Å². The van der Waals surface area contributed by atoms with Gasteiger partial charge in [0.2, 0.25) is 0 Å². The van der Waals surface area contributed by atoms with E-state index in [1.165, 1.54) is 0 Å². The lowest BCUT2D eigenvalue weighted by molar-refractivity contribution is 0.208. The van der Waals surface area contributed by atoms with Crippen molar-refractivity contribution in [3.8, 4) is 0 Å². The zero-order chi connectivity index (χ0) is 13.1. The normalized spacial score (nSPS) is 27.6. The Morgan fingerprint density at radius 1 is 1.41 bits per heavy atom. The fourth-order valence-corrected chi connectivity index (χ4v) is 3.72. The lowest BCUT2D eigenvalue weighted by Crippen LogP contribution is -2.51. The molecule has 0 aliphatic carbocycles. The van der Waals surface area contributed by atoms with Crippen molar-refractivity contribution in [1.29, 1.82) is 0 Å². The Morgan fingerprint density at radius 3 is 2.59 bits per heavy atom. The zero-order valence-corrected chi connectivity index (χ0v) is 11.8. The maximum atomic E-state index is 12.1. The molecule has 6 heteroatoms. The van der Waals surface area contributed by atoms with Crippen LogP contribution in [-0.4, -0.2) is 38.4 Å². The second kappa shape index (κ2) is 6.13. The minimum atomic E-state index is -3.34. The first-order chi connectivity index (χ1) is 7.86. The van der Waals surface area contributed by atoms with Gasteiger partial charge in [0.1, 0.15) is 0 Å². The molecule has 5 nitrogen and oxygen atoms in total. The van der Waals surface area contributed by atoms with Crippen molar-refractivity contribution in [2.24, 2.45) is 17.6 Å². The van der Waals surface area contributed by atoms with Gasteiger partial charge in [-0.15, -0.1) is 0 Å². The maximum Gasteiger partial charge on any atom is 0.279 e. The fraction of sp³-hybridized carbons (Fsp3) is 1.00. The Labute approximate surface area is 105 Å². The largest absolute Gasteiger partial charge is 0.330 e. The van der Waals surface area contributed by atoms with Crippen molar-refractivity contribution >= 4 is 10.2 Å². The van der Waals surface area contributed by atoms with E-state index >= 15 is 0 Å². The topological polar surface area (TPSA) is 75.4 Å². The summed E-state index contributed by atoms with van der Waals surface area (Å²) in [6.07, 6.45) is 1.92. The number of hydrogen-bond acceptors (Lipinski definition) is 3. The molecule has 1 rings (SSSR count). The summed E-state index contributed by atoms with van der Waals surface area (Å²) in [5, 5.41) is 0. The van der Waals surface area contributed by atoms with Crippen molar-refractivity contribution in [1.82, 2.24) is 9.03 Å². The molecule has 0 spiro atoms. The Hall–Kier alpha value is -0.170. The van der Waals surface area contributed by atoms with Gasteiger partial charge in [0.15, 0.2) is 0 Å². The van der Waals surface area contributed by atoms with Crippen molar-refractivity contribution in [3.63, 3.8) is 0 Å². The van der Waals surface area contributed by atoms with Gasteiger partial charge < -0.3 is 5.73 Å². The van der Waals surface area contributed by atoms with Crippen LogP contribution in [0.2, 0.25) is 0 Å². The van der Waals surface area contributed by atoms with Crippen LogP contribution in [0.1, 0.15) is 33.6 Å². The summed E-state index contributed by atoms with van der Waals surface area (Å²) in [4.78, 5) is 0. The molecule has 1 fully saturated rings. The molecule has 2 unspecified atom stereocenters. The summed E-state index contributed by atoms with van der Waals surface area (Å²) in [5.41, 5.74) is 5.63. The molecule has 0 aromatic heterocycles. The van der Waals surface area contributed by atoms with Crippen LogP contribution in [0.15, 0.2) is 0 Å². The molecule has 0 amide bonds. The lowest BCUT2D eigenvalue weighted by atomic mass is 9.96. The van der Waals surface area contributed by atoms with Gasteiger partial charge in [0.25, 0.3) is 10.2 Å². The van der Waals surface area contributed by atoms with Crippen LogP contribution in [-0.2, 0) is 10.2 Å². The highest BCUT2D eigenvalue weighted by Gasteiger charge is 2.33. The summed E-state index contributed by atoms with van der Waals surface area (Å²) in [7, 11) is -3.34. The highest BCUT2D eigenvalue weighted by Crippen LogP contribution is 2.23. The highest BCUT2D eigenvalue weighted by molar-refractivity contribution is 7.87. The van der Waals surface area contributed by atoms with Crippen LogP contribution in [0.4, 0.5) is 0 Å². The molecular weight excluding hydrogens is 238 g/mol. The van der Waals surface area contributed by atoms with E-state index < -0.39 is 10.2 Å². The first kappa shape index (κ1) is 14.9. The molecule has 0 aromatic rings. The molecule has 0 radical (unpaired) electrons. The number of hydrogen-bond donors (Lipinski definition) is 2. The van der Waals surface area contributed by atoms with Crippen LogP contribution in [0, 0.1) is 11.8 Å². The number of nitrogens with one attached hydrogen (secondary N) is 1. The van der Waals surface area contributed by atoms with Gasteiger partial charge in [-0.05, 0) is 38.1 Å². The van der Waals surface area contributed by atoms with Crippen LogP contribution < -0.4 is 10.5 Å². The quantitative estimate of drug-likeness (QED) is 0.760. The van der Waals surface area contributed by atoms with Crippen molar-refractivity contribution < 1.29 is 8.42 Å². The summed E-state index contributed by atoms with van der Waals surface area (Å²) in [5.74, 6) is 0.608. The molecule has 0 bridgehead atoms. The molecule has 3 N–H and O–H groups in total. The van der Waals surface area contributed by atoms with E-state index in [0.29, 0.717) is 31.5 Å². The highest BCUT2D eigenvalue weighted by atomic mass is 32.2. The van der Waals surface area contributed by atoms with Gasteiger partial charge in [-0.3, -0.25) is 0 Å².